The number of rotatable bonds is 5. The first-order valence-corrected chi connectivity index (χ1v) is 6.34. The predicted molar refractivity (Wildman–Crippen MR) is 63.0 cm³/mol. The lowest BCUT2D eigenvalue weighted by atomic mass is 9.93. The number of hydrogen-bond acceptors (Lipinski definition) is 5. The molecule has 1 fully saturated rings. The summed E-state index contributed by atoms with van der Waals surface area (Å²) in [5.41, 5.74) is 0. The van der Waals surface area contributed by atoms with E-state index in [0.717, 1.165) is 11.8 Å². The Labute approximate surface area is 115 Å². The molecule has 0 aromatic carbocycles. The van der Waals surface area contributed by atoms with E-state index < -0.39 is 29.9 Å². The van der Waals surface area contributed by atoms with Gasteiger partial charge in [0.15, 0.2) is 0 Å². The molecule has 116 valence electrons. The second-order valence-electron chi connectivity index (χ2n) is 4.48. The van der Waals surface area contributed by atoms with Gasteiger partial charge >= 0.3 is 12.1 Å². The zero-order chi connectivity index (χ0) is 15.3. The van der Waals surface area contributed by atoms with E-state index in [1.807, 2.05) is 0 Å². The minimum Gasteiger partial charge on any atom is -0.465 e. The fourth-order valence-corrected chi connectivity index (χ4v) is 2.21. The number of ether oxygens (including phenoxy) is 2. The zero-order valence-corrected chi connectivity index (χ0v) is 11.4. The maximum atomic E-state index is 13.3. The number of hydrogen-bond donors (Lipinski definition) is 0. The third-order valence-electron chi connectivity index (χ3n) is 3.07. The molecular formula is C12H18F3NO4. The van der Waals surface area contributed by atoms with Gasteiger partial charge in [0.25, 0.3) is 0 Å². The summed E-state index contributed by atoms with van der Waals surface area (Å²) in [4.78, 5) is 24.3. The highest BCUT2D eigenvalue weighted by molar-refractivity contribution is 5.98. The Balaban J connectivity index is 3.04. The summed E-state index contributed by atoms with van der Waals surface area (Å²) >= 11 is 0. The van der Waals surface area contributed by atoms with Gasteiger partial charge in [-0.1, -0.05) is 0 Å². The van der Waals surface area contributed by atoms with Crippen LogP contribution >= 0.6 is 0 Å². The van der Waals surface area contributed by atoms with Gasteiger partial charge in [0.1, 0.15) is 17.7 Å². The fourth-order valence-electron chi connectivity index (χ4n) is 2.21. The van der Waals surface area contributed by atoms with Crippen LogP contribution in [0.5, 0.6) is 0 Å². The van der Waals surface area contributed by atoms with Crippen LogP contribution in [0.15, 0.2) is 0 Å². The Morgan fingerprint density at radius 1 is 1.30 bits per heavy atom. The Bertz CT molecular complexity index is 353. The van der Waals surface area contributed by atoms with Crippen molar-refractivity contribution in [3.8, 4) is 0 Å². The molecule has 1 saturated heterocycles. The monoisotopic (exact) mass is 297 g/mol. The van der Waals surface area contributed by atoms with Crippen LogP contribution in [0.25, 0.3) is 0 Å². The number of nitrogens with zero attached hydrogens (tertiary/aromatic N) is 1. The van der Waals surface area contributed by atoms with E-state index >= 15 is 0 Å². The lowest BCUT2D eigenvalue weighted by molar-refractivity contribution is -0.211. The molecule has 2 unspecified atom stereocenters. The van der Waals surface area contributed by atoms with E-state index in [-0.39, 0.29) is 32.9 Å². The van der Waals surface area contributed by atoms with Crippen LogP contribution in [-0.2, 0) is 19.1 Å². The first-order valence-electron chi connectivity index (χ1n) is 6.34. The van der Waals surface area contributed by atoms with Crippen molar-refractivity contribution in [2.24, 2.45) is 5.92 Å². The van der Waals surface area contributed by atoms with Crippen molar-refractivity contribution in [3.05, 3.63) is 0 Å². The molecule has 0 amide bonds. The van der Waals surface area contributed by atoms with Gasteiger partial charge < -0.3 is 9.47 Å². The molecule has 1 rings (SSSR count). The molecule has 2 atom stereocenters. The SMILES string of the molecule is CCOC(=O)C(C(C)=O)C(N1CCOCC1)C(F)(F)F. The fraction of sp³-hybridized carbons (Fsp3) is 0.833. The molecule has 0 aromatic heterocycles. The van der Waals surface area contributed by atoms with Crippen LogP contribution in [0.1, 0.15) is 13.8 Å². The highest BCUT2D eigenvalue weighted by Gasteiger charge is 2.53. The molecule has 1 aliphatic heterocycles. The first kappa shape index (κ1) is 16.9. The third kappa shape index (κ3) is 4.17. The van der Waals surface area contributed by atoms with Crippen molar-refractivity contribution in [2.45, 2.75) is 26.1 Å². The number of alkyl halides is 3. The van der Waals surface area contributed by atoms with Gasteiger partial charge in [-0.05, 0) is 13.8 Å². The summed E-state index contributed by atoms with van der Waals surface area (Å²) in [5, 5.41) is 0. The normalized spacial score (nSPS) is 20.2. The molecule has 5 nitrogen and oxygen atoms in total. The average Bonchev–Trinajstić information content (AvgIpc) is 2.35. The molecule has 20 heavy (non-hydrogen) atoms. The van der Waals surface area contributed by atoms with Crippen molar-refractivity contribution in [2.75, 3.05) is 32.9 Å². The molecule has 0 radical (unpaired) electrons. The second-order valence-corrected chi connectivity index (χ2v) is 4.48. The Morgan fingerprint density at radius 2 is 1.85 bits per heavy atom. The maximum absolute atomic E-state index is 13.3. The summed E-state index contributed by atoms with van der Waals surface area (Å²) in [6, 6.07) is -2.16. The summed E-state index contributed by atoms with van der Waals surface area (Å²) in [6.07, 6.45) is -4.69. The van der Waals surface area contributed by atoms with Crippen molar-refractivity contribution < 1.29 is 32.2 Å². The summed E-state index contributed by atoms with van der Waals surface area (Å²) in [6.45, 7) is 2.70. The summed E-state index contributed by atoms with van der Waals surface area (Å²) in [5.74, 6) is -3.83. The highest BCUT2D eigenvalue weighted by atomic mass is 19.4. The molecule has 0 spiro atoms. The van der Waals surface area contributed by atoms with Crippen molar-refractivity contribution in [1.29, 1.82) is 0 Å². The molecule has 0 saturated carbocycles. The largest absolute Gasteiger partial charge is 0.465 e. The van der Waals surface area contributed by atoms with E-state index in [2.05, 4.69) is 4.74 Å². The number of ketones is 1. The van der Waals surface area contributed by atoms with Gasteiger partial charge in [-0.15, -0.1) is 0 Å². The van der Waals surface area contributed by atoms with Gasteiger partial charge in [-0.2, -0.15) is 13.2 Å². The van der Waals surface area contributed by atoms with Gasteiger partial charge in [-0.3, -0.25) is 14.5 Å². The minimum absolute atomic E-state index is 0.0212. The molecule has 0 aromatic rings. The smallest absolute Gasteiger partial charge is 0.405 e. The maximum Gasteiger partial charge on any atom is 0.405 e. The van der Waals surface area contributed by atoms with Crippen LogP contribution in [0.2, 0.25) is 0 Å². The van der Waals surface area contributed by atoms with Crippen LogP contribution in [0.3, 0.4) is 0 Å². The van der Waals surface area contributed by atoms with Crippen LogP contribution in [-0.4, -0.2) is 61.8 Å². The topological polar surface area (TPSA) is 55.8 Å². The highest BCUT2D eigenvalue weighted by Crippen LogP contribution is 2.32. The molecule has 1 aliphatic rings. The summed E-state index contributed by atoms with van der Waals surface area (Å²) < 4.78 is 49.4. The van der Waals surface area contributed by atoms with Gasteiger partial charge in [0, 0.05) is 13.1 Å². The second kappa shape index (κ2) is 7.03. The number of Topliss-reactive ketones (excluding diaryl/α,β-unsaturated/α-hetero) is 1. The van der Waals surface area contributed by atoms with E-state index in [0.29, 0.717) is 0 Å². The molecule has 0 N–H and O–H groups in total. The predicted octanol–water partition coefficient (Wildman–Crippen LogP) is 1.02. The van der Waals surface area contributed by atoms with Gasteiger partial charge in [0.2, 0.25) is 0 Å². The third-order valence-corrected chi connectivity index (χ3v) is 3.07. The van der Waals surface area contributed by atoms with Crippen molar-refractivity contribution in [3.63, 3.8) is 0 Å². The number of carbonyl (C=O) groups excluding carboxylic acids is 2. The Kier molecular flexibility index (Phi) is 5.94. The molecule has 0 aliphatic carbocycles. The standard InChI is InChI=1S/C12H18F3NO4/c1-3-20-11(18)9(8(2)17)10(12(13,14)15)16-4-6-19-7-5-16/h9-10H,3-7H2,1-2H3. The van der Waals surface area contributed by atoms with Crippen molar-refractivity contribution in [1.82, 2.24) is 4.90 Å². The minimum atomic E-state index is -4.69. The van der Waals surface area contributed by atoms with Crippen LogP contribution in [0, 0.1) is 5.92 Å². The zero-order valence-electron chi connectivity index (χ0n) is 11.4. The van der Waals surface area contributed by atoms with E-state index in [1.54, 1.807) is 0 Å². The Morgan fingerprint density at radius 3 is 2.25 bits per heavy atom. The average molecular weight is 297 g/mol. The number of halogens is 3. The number of morpholine rings is 1. The molecular weight excluding hydrogens is 279 g/mol. The molecule has 8 heteroatoms. The van der Waals surface area contributed by atoms with Gasteiger partial charge in [-0.25, -0.2) is 0 Å². The lowest BCUT2D eigenvalue weighted by Gasteiger charge is -2.38. The van der Waals surface area contributed by atoms with Crippen molar-refractivity contribution >= 4 is 11.8 Å². The first-order chi connectivity index (χ1) is 9.29. The van der Waals surface area contributed by atoms with Crippen LogP contribution in [0.4, 0.5) is 13.2 Å². The lowest BCUT2D eigenvalue weighted by Crippen LogP contribution is -2.57. The Hall–Kier alpha value is -1.15. The molecule has 1 heterocycles. The molecule has 0 bridgehead atoms. The van der Waals surface area contributed by atoms with E-state index in [1.165, 1.54) is 6.92 Å². The number of carbonyl (C=O) groups is 2. The summed E-state index contributed by atoms with van der Waals surface area (Å²) in [7, 11) is 0. The van der Waals surface area contributed by atoms with E-state index in [4.69, 9.17) is 4.74 Å². The van der Waals surface area contributed by atoms with E-state index in [9.17, 15) is 22.8 Å². The van der Waals surface area contributed by atoms with Crippen LogP contribution < -0.4 is 0 Å². The van der Waals surface area contributed by atoms with Gasteiger partial charge in [0.05, 0.1) is 19.8 Å². The number of esters is 1. The quantitative estimate of drug-likeness (QED) is 0.560.